The van der Waals surface area contributed by atoms with Crippen molar-refractivity contribution in [1.29, 1.82) is 0 Å². The van der Waals surface area contributed by atoms with Crippen LogP contribution >= 0.6 is 0 Å². The minimum Gasteiger partial charge on any atom is -0.417 e. The zero-order valence-electron chi connectivity index (χ0n) is 26.4. The van der Waals surface area contributed by atoms with Crippen LogP contribution in [0.2, 0.25) is 18.1 Å². The van der Waals surface area contributed by atoms with Crippen LogP contribution in [0.5, 0.6) is 0 Å². The van der Waals surface area contributed by atoms with E-state index in [2.05, 4.69) is 46.0 Å². The Kier molecular flexibility index (Phi) is 11.6. The van der Waals surface area contributed by atoms with E-state index in [1.807, 2.05) is 45.9 Å². The highest BCUT2D eigenvalue weighted by atomic mass is 28.4. The lowest BCUT2D eigenvalue weighted by atomic mass is 9.96. The predicted octanol–water partition coefficient (Wildman–Crippen LogP) is 7.17. The van der Waals surface area contributed by atoms with Gasteiger partial charge in [0.25, 0.3) is 0 Å². The van der Waals surface area contributed by atoms with Gasteiger partial charge in [-0.25, -0.2) is 0 Å². The van der Waals surface area contributed by atoms with Crippen molar-refractivity contribution >= 4 is 14.1 Å². The number of carbonyl (C=O) groups is 1. The molecule has 0 N–H and O–H groups in total. The number of hydrogen-bond donors (Lipinski definition) is 0. The van der Waals surface area contributed by atoms with E-state index in [0.717, 1.165) is 24.8 Å². The monoisotopic (exact) mass is 578 g/mol. The van der Waals surface area contributed by atoms with Crippen LogP contribution in [0.15, 0.2) is 30.3 Å². The predicted molar refractivity (Wildman–Crippen MR) is 160 cm³/mol. The quantitative estimate of drug-likeness (QED) is 0.181. The number of ketones is 1. The molecular formula is C32H54O7Si. The molecule has 0 radical (unpaired) electrons. The number of benzene rings is 1. The third kappa shape index (κ3) is 10.6. The molecule has 0 unspecified atom stereocenters. The Labute approximate surface area is 243 Å². The van der Waals surface area contributed by atoms with Gasteiger partial charge < -0.3 is 28.1 Å². The maximum atomic E-state index is 13.3. The van der Waals surface area contributed by atoms with Gasteiger partial charge in [-0.3, -0.25) is 4.79 Å². The molecule has 1 aromatic rings. The molecule has 0 aromatic heterocycles. The zero-order chi connectivity index (χ0) is 29.6. The van der Waals surface area contributed by atoms with Crippen molar-refractivity contribution < 1.29 is 32.9 Å². The number of ether oxygens (including phenoxy) is 5. The van der Waals surface area contributed by atoms with Gasteiger partial charge in [0.15, 0.2) is 25.7 Å². The summed E-state index contributed by atoms with van der Waals surface area (Å²) in [5.41, 5.74) is 1.16. The highest BCUT2D eigenvalue weighted by Crippen LogP contribution is 2.37. The summed E-state index contributed by atoms with van der Waals surface area (Å²) in [4.78, 5) is 13.3. The minimum atomic E-state index is -1.83. The van der Waals surface area contributed by atoms with Crippen LogP contribution in [0.4, 0.5) is 0 Å². The molecule has 7 nitrogen and oxygen atoms in total. The normalized spacial score (nSPS) is 26.9. The second-order valence-corrected chi connectivity index (χ2v) is 18.6. The SMILES string of the molecule is CC1(C)O[C@H](CCC(=O)[C@H]2C[C@@H](CCO[Si](C)(C)C(C)(C)C)OC(C)(C)O2)C[C@H](CCOCc2ccccc2)O1. The van der Waals surface area contributed by atoms with E-state index in [1.165, 1.54) is 0 Å². The van der Waals surface area contributed by atoms with Gasteiger partial charge in [-0.1, -0.05) is 51.1 Å². The van der Waals surface area contributed by atoms with Crippen LogP contribution in [0, 0.1) is 0 Å². The van der Waals surface area contributed by atoms with E-state index in [0.29, 0.717) is 39.1 Å². The van der Waals surface area contributed by atoms with E-state index in [1.54, 1.807) is 0 Å². The van der Waals surface area contributed by atoms with E-state index in [-0.39, 0.29) is 29.1 Å². The molecule has 8 heteroatoms. The first-order chi connectivity index (χ1) is 18.6. The molecule has 3 rings (SSSR count). The maximum Gasteiger partial charge on any atom is 0.191 e. The summed E-state index contributed by atoms with van der Waals surface area (Å²) in [6, 6.07) is 10.2. The van der Waals surface area contributed by atoms with Gasteiger partial charge in [-0.05, 0) is 70.7 Å². The van der Waals surface area contributed by atoms with Gasteiger partial charge in [-0.15, -0.1) is 0 Å². The standard InChI is InChI=1S/C32H54O7Si/c1-30(2,3)40(8,9)35-20-18-27-22-29(39-32(6,7)38-27)28(33)16-15-25-21-26(37-31(4,5)36-25)17-19-34-23-24-13-11-10-12-14-24/h10-14,25-27,29H,15-23H2,1-9H3/t25-,26+,27-,29-/m1/s1. The smallest absolute Gasteiger partial charge is 0.191 e. The molecule has 2 aliphatic rings. The molecule has 40 heavy (non-hydrogen) atoms. The third-order valence-electron chi connectivity index (χ3n) is 8.26. The third-order valence-corrected chi connectivity index (χ3v) is 12.8. The summed E-state index contributed by atoms with van der Waals surface area (Å²) in [5, 5.41) is 0.163. The first-order valence-electron chi connectivity index (χ1n) is 15.0. The topological polar surface area (TPSA) is 72.5 Å². The fraction of sp³-hybridized carbons (Fsp3) is 0.781. The molecule has 0 spiro atoms. The number of carbonyl (C=O) groups excluding carboxylic acids is 1. The maximum absolute atomic E-state index is 13.3. The molecule has 2 fully saturated rings. The Balaban J connectivity index is 1.45. The number of hydrogen-bond acceptors (Lipinski definition) is 7. The van der Waals surface area contributed by atoms with Crippen LogP contribution in [-0.4, -0.2) is 63.3 Å². The Bertz CT molecular complexity index is 925. The zero-order valence-corrected chi connectivity index (χ0v) is 27.4. The summed E-state index contributed by atoms with van der Waals surface area (Å²) in [5.74, 6) is -1.38. The van der Waals surface area contributed by atoms with E-state index >= 15 is 0 Å². The minimum absolute atomic E-state index is 0.0307. The second-order valence-electron chi connectivity index (χ2n) is 13.8. The lowest BCUT2D eigenvalue weighted by molar-refractivity contribution is -0.303. The molecule has 2 heterocycles. The number of rotatable bonds is 13. The molecule has 4 atom stereocenters. The Hall–Kier alpha value is -1.13. The molecule has 0 saturated carbocycles. The first-order valence-corrected chi connectivity index (χ1v) is 18.0. The van der Waals surface area contributed by atoms with Crippen molar-refractivity contribution in [1.82, 2.24) is 0 Å². The molecule has 2 aliphatic heterocycles. The summed E-state index contributed by atoms with van der Waals surface area (Å²) in [7, 11) is -1.83. The fourth-order valence-electron chi connectivity index (χ4n) is 5.16. The van der Waals surface area contributed by atoms with Crippen LogP contribution in [0.3, 0.4) is 0 Å². The van der Waals surface area contributed by atoms with Crippen molar-refractivity contribution in [2.75, 3.05) is 13.2 Å². The van der Waals surface area contributed by atoms with E-state index in [9.17, 15) is 4.79 Å². The molecule has 0 amide bonds. The Morgan fingerprint density at radius 2 is 1.40 bits per heavy atom. The molecule has 0 aliphatic carbocycles. The van der Waals surface area contributed by atoms with Crippen molar-refractivity contribution in [3.63, 3.8) is 0 Å². The molecule has 0 bridgehead atoms. The summed E-state index contributed by atoms with van der Waals surface area (Å²) >= 11 is 0. The Morgan fingerprint density at radius 1 is 0.850 bits per heavy atom. The molecule has 1 aromatic carbocycles. The molecule has 2 saturated heterocycles. The lowest BCUT2D eigenvalue weighted by Gasteiger charge is -2.42. The van der Waals surface area contributed by atoms with Crippen molar-refractivity contribution in [3.8, 4) is 0 Å². The van der Waals surface area contributed by atoms with Crippen LogP contribution in [-0.2, 0) is 39.5 Å². The largest absolute Gasteiger partial charge is 0.417 e. The Morgan fingerprint density at radius 3 is 2.02 bits per heavy atom. The summed E-state index contributed by atoms with van der Waals surface area (Å²) in [6.45, 7) is 20.8. The van der Waals surface area contributed by atoms with Crippen LogP contribution in [0.25, 0.3) is 0 Å². The van der Waals surface area contributed by atoms with Crippen molar-refractivity contribution in [2.45, 2.75) is 148 Å². The average Bonchev–Trinajstić information content (AvgIpc) is 2.83. The highest BCUT2D eigenvalue weighted by Gasteiger charge is 2.41. The van der Waals surface area contributed by atoms with Crippen molar-refractivity contribution in [2.24, 2.45) is 0 Å². The average molecular weight is 579 g/mol. The first kappa shape index (κ1) is 33.4. The summed E-state index contributed by atoms with van der Waals surface area (Å²) < 4.78 is 36.9. The van der Waals surface area contributed by atoms with Gasteiger partial charge in [-0.2, -0.15) is 0 Å². The second kappa shape index (κ2) is 13.9. The van der Waals surface area contributed by atoms with Crippen molar-refractivity contribution in [3.05, 3.63) is 35.9 Å². The number of Topliss-reactive ketones (excluding diaryl/α,β-unsaturated/α-hetero) is 1. The van der Waals surface area contributed by atoms with Crippen LogP contribution < -0.4 is 0 Å². The van der Waals surface area contributed by atoms with Gasteiger partial charge in [0.2, 0.25) is 0 Å². The molecular weight excluding hydrogens is 524 g/mol. The fourth-order valence-corrected chi connectivity index (χ4v) is 6.22. The van der Waals surface area contributed by atoms with Gasteiger partial charge in [0.1, 0.15) is 6.10 Å². The highest BCUT2D eigenvalue weighted by molar-refractivity contribution is 6.74. The van der Waals surface area contributed by atoms with E-state index < -0.39 is 26.0 Å². The van der Waals surface area contributed by atoms with Crippen LogP contribution in [0.1, 0.15) is 92.6 Å². The lowest BCUT2D eigenvalue weighted by Crippen LogP contribution is -2.49. The van der Waals surface area contributed by atoms with Gasteiger partial charge in [0, 0.05) is 32.5 Å². The van der Waals surface area contributed by atoms with E-state index in [4.69, 9.17) is 28.1 Å². The van der Waals surface area contributed by atoms with Gasteiger partial charge in [0.05, 0.1) is 24.9 Å². The molecule has 228 valence electrons. The van der Waals surface area contributed by atoms with Gasteiger partial charge >= 0.3 is 0 Å². The summed E-state index contributed by atoms with van der Waals surface area (Å²) in [6.07, 6.45) is 3.35.